The summed E-state index contributed by atoms with van der Waals surface area (Å²) in [5.74, 6) is 1.31. The molecule has 10 nitrogen and oxygen atoms in total. The summed E-state index contributed by atoms with van der Waals surface area (Å²) < 4.78 is 8.70. The molecule has 0 atom stereocenters. The number of nitrogens with one attached hydrogen (secondary N) is 1. The largest absolute Gasteiger partial charge is 0.457 e. The second kappa shape index (κ2) is 9.76. The van der Waals surface area contributed by atoms with Gasteiger partial charge in [0, 0.05) is 13.1 Å². The highest BCUT2D eigenvalue weighted by molar-refractivity contribution is 5.97. The van der Waals surface area contributed by atoms with Crippen molar-refractivity contribution in [3.8, 4) is 23.3 Å². The zero-order valence-corrected chi connectivity index (χ0v) is 19.3. The lowest BCUT2D eigenvalue weighted by Gasteiger charge is -2.08. The molecule has 0 saturated heterocycles. The molecule has 4 aromatic rings. The lowest BCUT2D eigenvalue weighted by molar-refractivity contribution is -0.117. The van der Waals surface area contributed by atoms with Crippen LogP contribution in [0, 0.1) is 17.2 Å². The molecule has 3 N–H and O–H groups in total. The summed E-state index contributed by atoms with van der Waals surface area (Å²) in [6, 6.07) is 18.3. The van der Waals surface area contributed by atoms with Crippen molar-refractivity contribution in [1.82, 2.24) is 24.4 Å². The molecule has 0 unspecified atom stereocenters. The molecule has 5 rings (SSSR count). The van der Waals surface area contributed by atoms with E-state index in [2.05, 4.69) is 15.3 Å². The van der Waals surface area contributed by atoms with Crippen LogP contribution in [-0.4, -0.2) is 31.6 Å². The van der Waals surface area contributed by atoms with E-state index < -0.39 is 5.91 Å². The number of fused-ring (bicyclic) bond motifs is 1. The van der Waals surface area contributed by atoms with Gasteiger partial charge in [0.05, 0.1) is 5.69 Å². The van der Waals surface area contributed by atoms with Crippen molar-refractivity contribution in [3.63, 3.8) is 0 Å². The number of hydrogen-bond donors (Lipinski definition) is 2. The molecule has 10 heteroatoms. The first-order valence-corrected chi connectivity index (χ1v) is 11.5. The number of hydrogen-bond acceptors (Lipinski definition) is 7. The van der Waals surface area contributed by atoms with Crippen LogP contribution in [0.3, 0.4) is 0 Å². The Labute approximate surface area is 206 Å². The number of rotatable bonds is 8. The fraction of sp³-hybridized carbons (Fsp3) is 0.192. The molecule has 180 valence electrons. The van der Waals surface area contributed by atoms with Gasteiger partial charge < -0.3 is 15.8 Å². The molecule has 0 bridgehead atoms. The maximum atomic E-state index is 13.4. The van der Waals surface area contributed by atoms with Gasteiger partial charge in [-0.15, -0.1) is 0 Å². The Hall–Kier alpha value is -4.91. The average Bonchev–Trinajstić information content (AvgIpc) is 3.67. The standard InChI is InChI=1S/C26H23N7O3/c27-15-18(14-17-6-7-17)25(34)29-12-13-32-24-22(23(28)30-16-31-24)33(26(32)35)19-8-10-21(11-9-19)36-20-4-2-1-3-5-20/h1-5,8-11,14,16-17H,6-7,12-13H2,(H,29,34)(H2,28,30,31). The second-order valence-corrected chi connectivity index (χ2v) is 8.40. The summed E-state index contributed by atoms with van der Waals surface area (Å²) in [6.45, 7) is 0.275. The Morgan fingerprint density at radius 1 is 1.14 bits per heavy atom. The van der Waals surface area contributed by atoms with Crippen LogP contribution in [0.25, 0.3) is 16.9 Å². The predicted molar refractivity (Wildman–Crippen MR) is 133 cm³/mol. The number of carbonyl (C=O) groups is 1. The zero-order chi connectivity index (χ0) is 25.1. The number of imidazole rings is 1. The molecular weight excluding hydrogens is 458 g/mol. The van der Waals surface area contributed by atoms with E-state index in [1.807, 2.05) is 36.4 Å². The monoisotopic (exact) mass is 481 g/mol. The summed E-state index contributed by atoms with van der Waals surface area (Å²) in [4.78, 5) is 34.1. The number of nitrogens with zero attached hydrogens (tertiary/aromatic N) is 5. The fourth-order valence-corrected chi connectivity index (χ4v) is 3.87. The van der Waals surface area contributed by atoms with Crippen LogP contribution in [0.5, 0.6) is 11.5 Å². The molecule has 2 heterocycles. The first-order valence-electron chi connectivity index (χ1n) is 11.5. The smallest absolute Gasteiger partial charge is 0.335 e. The number of para-hydroxylation sites is 1. The van der Waals surface area contributed by atoms with Crippen molar-refractivity contribution in [1.29, 1.82) is 5.26 Å². The van der Waals surface area contributed by atoms with Gasteiger partial charge in [0.2, 0.25) is 0 Å². The van der Waals surface area contributed by atoms with E-state index in [1.165, 1.54) is 15.5 Å². The lowest BCUT2D eigenvalue weighted by Crippen LogP contribution is -2.32. The van der Waals surface area contributed by atoms with Crippen LogP contribution in [0.4, 0.5) is 5.82 Å². The van der Waals surface area contributed by atoms with Gasteiger partial charge in [0.15, 0.2) is 11.5 Å². The number of carbonyl (C=O) groups excluding carboxylic acids is 1. The van der Waals surface area contributed by atoms with Crippen molar-refractivity contribution in [2.45, 2.75) is 19.4 Å². The van der Waals surface area contributed by atoms with Gasteiger partial charge >= 0.3 is 5.69 Å². The molecule has 1 amide bonds. The maximum Gasteiger partial charge on any atom is 0.335 e. The summed E-state index contributed by atoms with van der Waals surface area (Å²) >= 11 is 0. The van der Waals surface area contributed by atoms with E-state index in [1.54, 1.807) is 30.3 Å². The third-order valence-electron chi connectivity index (χ3n) is 5.82. The van der Waals surface area contributed by atoms with Crippen LogP contribution in [0.2, 0.25) is 0 Å². The van der Waals surface area contributed by atoms with E-state index >= 15 is 0 Å². The number of nitrogens with two attached hydrogens (primary N) is 1. The van der Waals surface area contributed by atoms with Crippen molar-refractivity contribution in [3.05, 3.63) is 83.1 Å². The minimum atomic E-state index is -0.454. The maximum absolute atomic E-state index is 13.4. The summed E-state index contributed by atoms with van der Waals surface area (Å²) in [7, 11) is 0. The first kappa shape index (κ1) is 22.9. The number of ether oxygens (including phenoxy) is 1. The van der Waals surface area contributed by atoms with E-state index in [0.717, 1.165) is 12.8 Å². The van der Waals surface area contributed by atoms with Crippen molar-refractivity contribution in [2.75, 3.05) is 12.3 Å². The highest BCUT2D eigenvalue weighted by Gasteiger charge is 2.22. The molecule has 0 radical (unpaired) electrons. The minimum Gasteiger partial charge on any atom is -0.457 e. The van der Waals surface area contributed by atoms with Gasteiger partial charge in [-0.2, -0.15) is 5.26 Å². The quantitative estimate of drug-likeness (QED) is 0.291. The molecule has 2 aromatic heterocycles. The third-order valence-corrected chi connectivity index (χ3v) is 5.82. The first-order chi connectivity index (χ1) is 17.5. The molecule has 1 fully saturated rings. The minimum absolute atomic E-state index is 0.0941. The molecule has 1 saturated carbocycles. The van der Waals surface area contributed by atoms with Crippen LogP contribution in [-0.2, 0) is 11.3 Å². The highest BCUT2D eigenvalue weighted by atomic mass is 16.5. The summed E-state index contributed by atoms with van der Waals surface area (Å²) in [5, 5.41) is 12.0. The number of nitrogen functional groups attached to an aromatic ring is 1. The fourth-order valence-electron chi connectivity index (χ4n) is 3.87. The normalized spacial score (nSPS) is 13.4. The van der Waals surface area contributed by atoms with Crippen molar-refractivity contribution >= 4 is 22.9 Å². The average molecular weight is 482 g/mol. The Balaban J connectivity index is 1.40. The van der Waals surface area contributed by atoms with E-state index in [-0.39, 0.29) is 30.2 Å². The number of allylic oxidation sites excluding steroid dienone is 1. The van der Waals surface area contributed by atoms with Crippen LogP contribution in [0.1, 0.15) is 12.8 Å². The molecular formula is C26H23N7O3. The van der Waals surface area contributed by atoms with Gasteiger partial charge in [-0.3, -0.25) is 13.9 Å². The highest BCUT2D eigenvalue weighted by Crippen LogP contribution is 2.31. The second-order valence-electron chi connectivity index (χ2n) is 8.40. The van der Waals surface area contributed by atoms with Crippen LogP contribution < -0.4 is 21.5 Å². The van der Waals surface area contributed by atoms with Gasteiger partial charge in [-0.1, -0.05) is 24.3 Å². The molecule has 0 aliphatic heterocycles. The van der Waals surface area contributed by atoms with Gasteiger partial charge in [0.1, 0.15) is 35.0 Å². The van der Waals surface area contributed by atoms with Crippen LogP contribution >= 0.6 is 0 Å². The Bertz CT molecular complexity index is 1540. The van der Waals surface area contributed by atoms with Crippen LogP contribution in [0.15, 0.2) is 77.4 Å². The van der Waals surface area contributed by atoms with Gasteiger partial charge in [-0.05, 0) is 55.2 Å². The Morgan fingerprint density at radius 2 is 1.86 bits per heavy atom. The lowest BCUT2D eigenvalue weighted by atomic mass is 10.2. The topological polar surface area (TPSA) is 141 Å². The molecule has 0 spiro atoms. The number of amides is 1. The van der Waals surface area contributed by atoms with E-state index in [9.17, 15) is 14.9 Å². The number of aromatic nitrogens is 4. The Morgan fingerprint density at radius 3 is 2.56 bits per heavy atom. The van der Waals surface area contributed by atoms with Crippen molar-refractivity contribution in [2.24, 2.45) is 5.92 Å². The SMILES string of the molecule is N#CC(=CC1CC1)C(=O)NCCn1c(=O)n(-c2ccc(Oc3ccccc3)cc2)c2c(N)ncnc21. The van der Waals surface area contributed by atoms with Crippen molar-refractivity contribution < 1.29 is 9.53 Å². The number of benzene rings is 2. The zero-order valence-electron chi connectivity index (χ0n) is 19.3. The van der Waals surface area contributed by atoms with Gasteiger partial charge in [-0.25, -0.2) is 14.8 Å². The Kier molecular flexibility index (Phi) is 6.19. The molecule has 2 aromatic carbocycles. The van der Waals surface area contributed by atoms with Gasteiger partial charge in [0.25, 0.3) is 5.91 Å². The number of nitriles is 1. The molecule has 36 heavy (non-hydrogen) atoms. The number of anilines is 1. The molecule has 1 aliphatic rings. The summed E-state index contributed by atoms with van der Waals surface area (Å²) in [5.41, 5.74) is 7.13. The third kappa shape index (κ3) is 4.67. The van der Waals surface area contributed by atoms with E-state index in [4.69, 9.17) is 10.5 Å². The van der Waals surface area contributed by atoms with E-state index in [0.29, 0.717) is 34.3 Å². The predicted octanol–water partition coefficient (Wildman–Crippen LogP) is 2.93. The molecule has 1 aliphatic carbocycles. The summed E-state index contributed by atoms with van der Waals surface area (Å²) in [6.07, 6.45) is 4.98.